The first-order valence-electron chi connectivity index (χ1n) is 9.19. The molecule has 3 rings (SSSR count). The predicted molar refractivity (Wildman–Crippen MR) is 105 cm³/mol. The molecule has 0 radical (unpaired) electrons. The van der Waals surface area contributed by atoms with Crippen LogP contribution >= 0.6 is 0 Å². The van der Waals surface area contributed by atoms with Gasteiger partial charge in [-0.05, 0) is 43.5 Å². The highest BCUT2D eigenvalue weighted by Crippen LogP contribution is 2.21. The minimum Gasteiger partial charge on any atom is -0.496 e. The van der Waals surface area contributed by atoms with E-state index in [9.17, 15) is 9.59 Å². The van der Waals surface area contributed by atoms with Crippen molar-refractivity contribution in [3.05, 3.63) is 71.4 Å². The van der Waals surface area contributed by atoms with E-state index in [1.165, 1.54) is 0 Å². The van der Waals surface area contributed by atoms with E-state index in [4.69, 9.17) is 4.74 Å². The molecule has 2 aromatic carbocycles. The fourth-order valence-corrected chi connectivity index (χ4v) is 3.14. The summed E-state index contributed by atoms with van der Waals surface area (Å²) in [5.74, 6) is 0.183. The Labute approximate surface area is 159 Å². The van der Waals surface area contributed by atoms with E-state index < -0.39 is 0 Å². The Morgan fingerprint density at radius 2 is 1.63 bits per heavy atom. The first-order valence-corrected chi connectivity index (χ1v) is 9.19. The average Bonchev–Trinajstić information content (AvgIpc) is 2.74. The Bertz CT molecular complexity index is 824. The van der Waals surface area contributed by atoms with E-state index in [2.05, 4.69) is 5.32 Å². The van der Waals surface area contributed by atoms with Crippen molar-refractivity contribution < 1.29 is 14.3 Å². The number of methoxy groups -OCH3 is 1. The summed E-state index contributed by atoms with van der Waals surface area (Å²) in [7, 11) is 1.58. The summed E-state index contributed by atoms with van der Waals surface area (Å²) < 4.78 is 5.38. The second-order valence-corrected chi connectivity index (χ2v) is 6.47. The third kappa shape index (κ3) is 4.76. The first-order chi connectivity index (χ1) is 13.2. The zero-order chi connectivity index (χ0) is 19.1. The highest BCUT2D eigenvalue weighted by atomic mass is 16.5. The van der Waals surface area contributed by atoms with Crippen LogP contribution in [-0.2, 0) is 4.79 Å². The van der Waals surface area contributed by atoms with Gasteiger partial charge in [-0.25, -0.2) is 0 Å². The van der Waals surface area contributed by atoms with Crippen molar-refractivity contribution in [2.24, 2.45) is 0 Å². The van der Waals surface area contributed by atoms with Gasteiger partial charge < -0.3 is 15.0 Å². The Kier molecular flexibility index (Phi) is 6.26. The topological polar surface area (TPSA) is 58.6 Å². The third-order valence-electron chi connectivity index (χ3n) is 4.60. The van der Waals surface area contributed by atoms with Crippen molar-refractivity contribution in [2.45, 2.75) is 19.3 Å². The van der Waals surface area contributed by atoms with Gasteiger partial charge in [0.15, 0.2) is 0 Å². The smallest absolute Gasteiger partial charge is 0.270 e. The second kappa shape index (κ2) is 9.03. The third-order valence-corrected chi connectivity index (χ3v) is 4.60. The van der Waals surface area contributed by atoms with E-state index in [1.54, 1.807) is 42.4 Å². The van der Waals surface area contributed by atoms with Crippen LogP contribution in [0.5, 0.6) is 5.75 Å². The molecule has 1 N–H and O–H groups in total. The van der Waals surface area contributed by atoms with Crippen LogP contribution in [-0.4, -0.2) is 36.9 Å². The molecule has 0 unspecified atom stereocenters. The first kappa shape index (κ1) is 18.7. The number of nitrogens with one attached hydrogen (secondary N) is 1. The predicted octanol–water partition coefficient (Wildman–Crippen LogP) is 3.48. The van der Waals surface area contributed by atoms with Gasteiger partial charge in [-0.1, -0.05) is 36.4 Å². The normalized spacial score (nSPS) is 14.6. The molecule has 2 amide bonds. The molecule has 0 saturated carbocycles. The van der Waals surface area contributed by atoms with Gasteiger partial charge in [-0.3, -0.25) is 9.59 Å². The van der Waals surface area contributed by atoms with Gasteiger partial charge in [0.2, 0.25) is 0 Å². The number of carbonyl (C=O) groups excluding carboxylic acids is 2. The Morgan fingerprint density at radius 3 is 2.33 bits per heavy atom. The number of hydrogen-bond acceptors (Lipinski definition) is 3. The molecular formula is C22H24N2O3. The zero-order valence-corrected chi connectivity index (χ0v) is 15.5. The Balaban J connectivity index is 1.91. The van der Waals surface area contributed by atoms with Crippen molar-refractivity contribution in [3.8, 4) is 5.75 Å². The largest absolute Gasteiger partial charge is 0.496 e. The van der Waals surface area contributed by atoms with Crippen LogP contribution in [0, 0.1) is 0 Å². The maximum atomic E-state index is 13.1. The molecule has 1 aliphatic heterocycles. The van der Waals surface area contributed by atoms with E-state index in [0.29, 0.717) is 24.4 Å². The van der Waals surface area contributed by atoms with Gasteiger partial charge in [-0.15, -0.1) is 0 Å². The summed E-state index contributed by atoms with van der Waals surface area (Å²) in [5.41, 5.74) is 1.51. The molecule has 0 bridgehead atoms. The molecule has 1 heterocycles. The maximum Gasteiger partial charge on any atom is 0.270 e. The molecule has 1 saturated heterocycles. The van der Waals surface area contributed by atoms with E-state index in [0.717, 1.165) is 24.8 Å². The van der Waals surface area contributed by atoms with Crippen LogP contribution in [0.15, 0.2) is 60.3 Å². The van der Waals surface area contributed by atoms with Crippen molar-refractivity contribution in [2.75, 3.05) is 20.2 Å². The summed E-state index contributed by atoms with van der Waals surface area (Å²) >= 11 is 0. The van der Waals surface area contributed by atoms with Crippen molar-refractivity contribution in [1.82, 2.24) is 10.2 Å². The highest BCUT2D eigenvalue weighted by molar-refractivity contribution is 6.05. The highest BCUT2D eigenvalue weighted by Gasteiger charge is 2.22. The minimum absolute atomic E-state index is 0.162. The van der Waals surface area contributed by atoms with Gasteiger partial charge >= 0.3 is 0 Å². The zero-order valence-electron chi connectivity index (χ0n) is 15.5. The summed E-state index contributed by atoms with van der Waals surface area (Å²) in [6, 6.07) is 16.3. The molecule has 140 valence electrons. The fourth-order valence-electron chi connectivity index (χ4n) is 3.14. The molecule has 0 spiro atoms. The summed E-state index contributed by atoms with van der Waals surface area (Å²) in [6.07, 6.45) is 4.79. The number of ether oxygens (including phenoxy) is 1. The van der Waals surface area contributed by atoms with Crippen molar-refractivity contribution in [3.63, 3.8) is 0 Å². The van der Waals surface area contributed by atoms with Crippen LogP contribution in [0.1, 0.15) is 35.2 Å². The summed E-state index contributed by atoms with van der Waals surface area (Å²) in [5, 5.41) is 2.81. The number of carbonyl (C=O) groups is 2. The molecule has 0 aliphatic carbocycles. The van der Waals surface area contributed by atoms with Crippen LogP contribution < -0.4 is 10.1 Å². The number of piperidine rings is 1. The van der Waals surface area contributed by atoms with Gasteiger partial charge in [0.1, 0.15) is 11.4 Å². The number of nitrogens with zero attached hydrogens (tertiary/aromatic N) is 1. The van der Waals surface area contributed by atoms with Crippen LogP contribution in [0.4, 0.5) is 0 Å². The molecule has 5 heteroatoms. The molecule has 1 fully saturated rings. The van der Waals surface area contributed by atoms with Crippen LogP contribution in [0.2, 0.25) is 0 Å². The van der Waals surface area contributed by atoms with Crippen LogP contribution in [0.3, 0.4) is 0 Å². The maximum absolute atomic E-state index is 13.1. The lowest BCUT2D eigenvalue weighted by atomic mass is 10.1. The number of hydrogen-bond donors (Lipinski definition) is 1. The molecule has 0 atom stereocenters. The minimum atomic E-state index is -0.304. The molecule has 27 heavy (non-hydrogen) atoms. The summed E-state index contributed by atoms with van der Waals surface area (Å²) in [6.45, 7) is 1.42. The number of rotatable bonds is 5. The summed E-state index contributed by atoms with van der Waals surface area (Å²) in [4.78, 5) is 27.5. The standard InChI is InChI=1S/C22H24N2O3/c1-27-20-13-7-6-12-18(20)16-19(22(26)24-14-8-3-9-15-24)23-21(25)17-10-4-2-5-11-17/h2,4-7,10-13,16H,3,8-9,14-15H2,1H3,(H,23,25). The molecule has 0 aromatic heterocycles. The molecule has 5 nitrogen and oxygen atoms in total. The van der Waals surface area contributed by atoms with Gasteiger partial charge in [0, 0.05) is 24.2 Å². The quantitative estimate of drug-likeness (QED) is 0.827. The Morgan fingerprint density at radius 1 is 0.963 bits per heavy atom. The number of para-hydroxylation sites is 1. The molecule has 1 aliphatic rings. The van der Waals surface area contributed by atoms with Crippen LogP contribution in [0.25, 0.3) is 6.08 Å². The van der Waals surface area contributed by atoms with Gasteiger partial charge in [0.25, 0.3) is 11.8 Å². The second-order valence-electron chi connectivity index (χ2n) is 6.47. The number of benzene rings is 2. The van der Waals surface area contributed by atoms with Crippen molar-refractivity contribution in [1.29, 1.82) is 0 Å². The van der Waals surface area contributed by atoms with Gasteiger partial charge in [-0.2, -0.15) is 0 Å². The Hall–Kier alpha value is -3.08. The SMILES string of the molecule is COc1ccccc1C=C(NC(=O)c1ccccc1)C(=O)N1CCCCC1. The van der Waals surface area contributed by atoms with E-state index in [1.807, 2.05) is 30.3 Å². The van der Waals surface area contributed by atoms with E-state index >= 15 is 0 Å². The lowest BCUT2D eigenvalue weighted by Crippen LogP contribution is -2.41. The van der Waals surface area contributed by atoms with Crippen molar-refractivity contribution >= 4 is 17.9 Å². The molecule has 2 aromatic rings. The van der Waals surface area contributed by atoms with E-state index in [-0.39, 0.29) is 17.5 Å². The average molecular weight is 364 g/mol. The van der Waals surface area contributed by atoms with Gasteiger partial charge in [0.05, 0.1) is 7.11 Å². The lowest BCUT2D eigenvalue weighted by Gasteiger charge is -2.27. The number of amides is 2. The number of likely N-dealkylation sites (tertiary alicyclic amines) is 1. The monoisotopic (exact) mass is 364 g/mol. The lowest BCUT2D eigenvalue weighted by molar-refractivity contribution is -0.128. The molecular weight excluding hydrogens is 340 g/mol. The fraction of sp³-hybridized carbons (Fsp3) is 0.273.